The van der Waals surface area contributed by atoms with Crippen molar-refractivity contribution in [3.05, 3.63) is 123 Å². The molecule has 2 aromatic rings. The molecule has 8 nitrogen and oxygen atoms in total. The summed E-state index contributed by atoms with van der Waals surface area (Å²) in [5, 5.41) is 19.5. The summed E-state index contributed by atoms with van der Waals surface area (Å²) in [5.41, 5.74) is 19.0. The molecule has 0 radical (unpaired) electrons. The number of aromatic nitrogens is 2. The minimum atomic E-state index is 0.112. The van der Waals surface area contributed by atoms with E-state index in [2.05, 4.69) is 142 Å². The largest absolute Gasteiger partial charge is 0.396 e. The number of nitrogen functional groups attached to an aromatic ring is 1. The summed E-state index contributed by atoms with van der Waals surface area (Å²) in [5.74, 6) is 0.390. The van der Waals surface area contributed by atoms with E-state index in [4.69, 9.17) is 5.73 Å². The summed E-state index contributed by atoms with van der Waals surface area (Å²) in [7, 11) is 0. The Bertz CT molecular complexity index is 1740. The lowest BCUT2D eigenvalue weighted by atomic mass is 10.0. The maximum absolute atomic E-state index is 12.5. The minimum Gasteiger partial charge on any atom is -0.396 e. The van der Waals surface area contributed by atoms with Gasteiger partial charge in [-0.05, 0) is 162 Å². The van der Waals surface area contributed by atoms with Crippen molar-refractivity contribution < 1.29 is 9.90 Å². The van der Waals surface area contributed by atoms with Crippen molar-refractivity contribution >= 4 is 11.9 Å². The first-order valence-electron chi connectivity index (χ1n) is 23.8. The molecule has 6 N–H and O–H groups in total. The summed E-state index contributed by atoms with van der Waals surface area (Å²) in [6.07, 6.45) is 33.1. The summed E-state index contributed by atoms with van der Waals surface area (Å²) in [4.78, 5) is 21.2. The number of anilines is 1. The molecule has 1 aromatic carbocycles. The van der Waals surface area contributed by atoms with Gasteiger partial charge < -0.3 is 26.8 Å². The van der Waals surface area contributed by atoms with E-state index in [9.17, 15) is 9.90 Å². The van der Waals surface area contributed by atoms with E-state index in [0.717, 1.165) is 121 Å². The van der Waals surface area contributed by atoms with Crippen LogP contribution in [0.2, 0.25) is 0 Å². The summed E-state index contributed by atoms with van der Waals surface area (Å²) in [6.45, 7) is 20.7. The number of nitrogens with zero attached hydrogens (tertiary/aromatic N) is 2. The topological polar surface area (TPSA) is 125 Å². The van der Waals surface area contributed by atoms with Crippen LogP contribution in [0.25, 0.3) is 0 Å². The number of nitrogens with two attached hydrogens (primary N) is 1. The number of benzene rings is 1. The fourth-order valence-corrected chi connectivity index (χ4v) is 7.34. The first-order chi connectivity index (χ1) is 29.9. The third kappa shape index (κ3) is 27.1. The summed E-state index contributed by atoms with van der Waals surface area (Å²) in [6, 6.07) is 8.95. The molecule has 0 saturated carbocycles. The monoisotopic (exact) mass is 851 g/mol. The van der Waals surface area contributed by atoms with Crippen LogP contribution in [0.15, 0.2) is 100 Å². The smallest absolute Gasteiger partial charge is 0.220 e. The van der Waals surface area contributed by atoms with Crippen LogP contribution >= 0.6 is 0 Å². The zero-order valence-electron chi connectivity index (χ0n) is 40.3. The molecule has 0 spiro atoms. The van der Waals surface area contributed by atoms with Crippen molar-refractivity contribution in [3.63, 3.8) is 0 Å². The second-order valence-electron chi connectivity index (χ2n) is 17.7. The average molecular weight is 851 g/mol. The highest BCUT2D eigenvalue weighted by atomic mass is 16.3. The van der Waals surface area contributed by atoms with Crippen LogP contribution in [0.5, 0.6) is 0 Å². The number of allylic oxidation sites excluding steroid dienone is 12. The predicted molar refractivity (Wildman–Crippen MR) is 266 cm³/mol. The number of amides is 1. The van der Waals surface area contributed by atoms with Crippen LogP contribution < -0.4 is 21.7 Å². The highest BCUT2D eigenvalue weighted by Gasteiger charge is 2.12. The zero-order chi connectivity index (χ0) is 45.4. The number of hydrogen-bond donors (Lipinski definition) is 5. The molecule has 1 amide bonds. The van der Waals surface area contributed by atoms with Gasteiger partial charge in [0.05, 0.1) is 5.69 Å². The van der Waals surface area contributed by atoms with Gasteiger partial charge in [0.1, 0.15) is 0 Å². The predicted octanol–water partition coefficient (Wildman–Crippen LogP) is 11.9. The summed E-state index contributed by atoms with van der Waals surface area (Å²) < 4.78 is 0. The van der Waals surface area contributed by atoms with Crippen molar-refractivity contribution in [1.29, 1.82) is 0 Å². The maximum atomic E-state index is 12.5. The molecule has 62 heavy (non-hydrogen) atoms. The molecule has 0 bridgehead atoms. The highest BCUT2D eigenvalue weighted by molar-refractivity contribution is 5.76. The van der Waals surface area contributed by atoms with E-state index in [0.29, 0.717) is 19.5 Å². The number of carbonyl (C=O) groups is 1. The van der Waals surface area contributed by atoms with E-state index in [1.54, 1.807) is 0 Å². The van der Waals surface area contributed by atoms with Gasteiger partial charge in [0.25, 0.3) is 0 Å². The Morgan fingerprint density at radius 2 is 1.21 bits per heavy atom. The molecule has 2 rings (SSSR count). The lowest BCUT2D eigenvalue weighted by Crippen LogP contribution is -2.32. The van der Waals surface area contributed by atoms with Gasteiger partial charge >= 0.3 is 0 Å². The van der Waals surface area contributed by atoms with Crippen LogP contribution in [0.1, 0.15) is 174 Å². The number of nitrogens with one attached hydrogen (secondary N) is 3. The van der Waals surface area contributed by atoms with Gasteiger partial charge in [-0.2, -0.15) is 0 Å². The van der Waals surface area contributed by atoms with Gasteiger partial charge in [-0.15, -0.1) is 0 Å². The molecule has 0 aliphatic heterocycles. The fourth-order valence-electron chi connectivity index (χ4n) is 7.34. The Hall–Kier alpha value is -4.11. The van der Waals surface area contributed by atoms with Crippen molar-refractivity contribution in [3.8, 4) is 0 Å². The van der Waals surface area contributed by atoms with Gasteiger partial charge in [0, 0.05) is 51.3 Å². The molecule has 0 fully saturated rings. The molecule has 1 heterocycles. The lowest BCUT2D eigenvalue weighted by molar-refractivity contribution is -0.121. The van der Waals surface area contributed by atoms with E-state index in [-0.39, 0.29) is 24.5 Å². The van der Waals surface area contributed by atoms with Crippen molar-refractivity contribution in [2.45, 2.75) is 177 Å². The minimum absolute atomic E-state index is 0.112. The van der Waals surface area contributed by atoms with Crippen molar-refractivity contribution in [2.24, 2.45) is 0 Å². The molecular weight excluding hydrogens is 765 g/mol. The van der Waals surface area contributed by atoms with Crippen molar-refractivity contribution in [1.82, 2.24) is 25.9 Å². The van der Waals surface area contributed by atoms with E-state index >= 15 is 0 Å². The van der Waals surface area contributed by atoms with Crippen LogP contribution in [0.3, 0.4) is 0 Å². The first kappa shape index (κ1) is 54.0. The Morgan fingerprint density at radius 1 is 0.677 bits per heavy atom. The number of aliphatic hydroxyl groups excluding tert-OH is 1. The number of unbranched alkanes of at least 4 members (excludes halogenated alkanes) is 1. The van der Waals surface area contributed by atoms with Crippen LogP contribution in [-0.4, -0.2) is 53.3 Å². The van der Waals surface area contributed by atoms with Gasteiger partial charge in [0.2, 0.25) is 11.9 Å². The fraction of sp³-hybridized carbons (Fsp3) is 0.574. The van der Waals surface area contributed by atoms with E-state index in [1.165, 1.54) is 51.0 Å². The van der Waals surface area contributed by atoms with Gasteiger partial charge in [-0.1, -0.05) is 108 Å². The van der Waals surface area contributed by atoms with E-state index in [1.807, 2.05) is 6.20 Å². The molecule has 344 valence electrons. The normalized spacial score (nSPS) is 13.4. The maximum Gasteiger partial charge on any atom is 0.220 e. The molecule has 0 aliphatic rings. The average Bonchev–Trinajstić information content (AvgIpc) is 3.23. The molecule has 1 aromatic heterocycles. The van der Waals surface area contributed by atoms with Crippen LogP contribution in [0, 0.1) is 0 Å². The van der Waals surface area contributed by atoms with Crippen LogP contribution in [-0.2, 0) is 24.2 Å². The van der Waals surface area contributed by atoms with Gasteiger partial charge in [0.15, 0.2) is 0 Å². The molecule has 0 saturated heterocycles. The number of rotatable bonds is 33. The van der Waals surface area contributed by atoms with E-state index < -0.39 is 0 Å². The van der Waals surface area contributed by atoms with Gasteiger partial charge in [-0.25, -0.2) is 9.97 Å². The standard InChI is InChI=1S/C54H86N6O2/c1-9-16-51(34-38-61)58-41-52-50(40-59-54(55)60-52)39-49-30-28-48(29-31-49)33-35-56-36-37-57-53(62)32-27-47(8)26-15-25-46(7)24-14-22-44(5)19-11-10-18-43(4)21-13-23-45(6)20-12-17-42(2)3/h17-19,23-24,26,28-31,40,51,56,58,61H,9-16,20-22,25,27,32-39,41H2,1-8H3,(H,57,62)(H2,55,59,60)/b43-18+,44-19+,45-23+,46-24+,47-26+/t51-/m0/s1. The molecular formula is C54H86N6O2. The second kappa shape index (κ2) is 33.4. The first-order valence-corrected chi connectivity index (χ1v) is 23.8. The summed E-state index contributed by atoms with van der Waals surface area (Å²) >= 11 is 0. The Labute approximate surface area is 378 Å². The molecule has 0 aliphatic carbocycles. The Balaban J connectivity index is 1.56. The van der Waals surface area contributed by atoms with Crippen molar-refractivity contribution in [2.75, 3.05) is 32.0 Å². The third-order valence-electron chi connectivity index (χ3n) is 11.4. The van der Waals surface area contributed by atoms with Crippen LogP contribution in [0.4, 0.5) is 5.95 Å². The Kier molecular flexibility index (Phi) is 29.1. The zero-order valence-corrected chi connectivity index (χ0v) is 40.3. The second-order valence-corrected chi connectivity index (χ2v) is 17.7. The highest BCUT2D eigenvalue weighted by Crippen LogP contribution is 2.17. The quantitative estimate of drug-likeness (QED) is 0.0358. The number of carbonyl (C=O) groups excluding carboxylic acids is 1. The molecule has 0 unspecified atom stereocenters. The third-order valence-corrected chi connectivity index (χ3v) is 11.4. The number of aliphatic hydroxyl groups is 1. The SMILES string of the molecule is CCC[C@@H](CCO)NCc1nc(N)ncc1Cc1ccc(CCNCCNC(=O)CC/C(C)=C/CC/C(C)=C/CC/C(C)=C/CC/C=C(\C)CC/C=C(\C)CCC=C(C)C)cc1. The molecule has 1 atom stereocenters. The Morgan fingerprint density at radius 3 is 1.76 bits per heavy atom. The number of hydrogen-bond acceptors (Lipinski definition) is 7. The molecule has 8 heteroatoms. The lowest BCUT2D eigenvalue weighted by Gasteiger charge is -2.18. The van der Waals surface area contributed by atoms with Gasteiger partial charge in [-0.3, -0.25) is 4.79 Å².